The van der Waals surface area contributed by atoms with Crippen molar-refractivity contribution in [2.75, 3.05) is 11.9 Å². The molecule has 206 valence electrons. The molecule has 5 aromatic rings. The van der Waals surface area contributed by atoms with Gasteiger partial charge in [-0.1, -0.05) is 36.4 Å². The van der Waals surface area contributed by atoms with Crippen LogP contribution in [0.15, 0.2) is 85.5 Å². The monoisotopic (exact) mass is 544 g/mol. The van der Waals surface area contributed by atoms with Crippen molar-refractivity contribution in [3.63, 3.8) is 0 Å². The summed E-state index contributed by atoms with van der Waals surface area (Å²) in [6.45, 7) is 6.63. The highest BCUT2D eigenvalue weighted by Gasteiger charge is 2.24. The third-order valence-corrected chi connectivity index (χ3v) is 7.41. The molecule has 0 saturated heterocycles. The van der Waals surface area contributed by atoms with Crippen LogP contribution in [0.2, 0.25) is 0 Å². The normalized spacial score (nSPS) is 13.5. The number of amides is 1. The topological polar surface area (TPSA) is 94.8 Å². The maximum Gasteiger partial charge on any atom is 0.274 e. The van der Waals surface area contributed by atoms with E-state index in [1.807, 2.05) is 73.1 Å². The van der Waals surface area contributed by atoms with Crippen LogP contribution in [-0.2, 0) is 0 Å². The van der Waals surface area contributed by atoms with Crippen molar-refractivity contribution in [3.8, 4) is 28.3 Å². The summed E-state index contributed by atoms with van der Waals surface area (Å²) in [7, 11) is 0. The Hall–Kier alpha value is -4.85. The number of pyridine rings is 2. The van der Waals surface area contributed by atoms with Gasteiger partial charge in [0.25, 0.3) is 5.91 Å². The lowest BCUT2D eigenvalue weighted by Crippen LogP contribution is -2.16. The summed E-state index contributed by atoms with van der Waals surface area (Å²) in [5, 5.41) is 11.5. The zero-order valence-corrected chi connectivity index (χ0v) is 23.4. The number of hydrogen-bond acceptors (Lipinski definition) is 6. The molecule has 8 heteroatoms. The van der Waals surface area contributed by atoms with Gasteiger partial charge >= 0.3 is 0 Å². The van der Waals surface area contributed by atoms with Crippen LogP contribution in [0.1, 0.15) is 59.0 Å². The number of aryl methyl sites for hydroxylation is 2. The van der Waals surface area contributed by atoms with Gasteiger partial charge in [0.15, 0.2) is 5.82 Å². The van der Waals surface area contributed by atoms with Gasteiger partial charge in [0.05, 0.1) is 6.04 Å². The Bertz CT molecular complexity index is 1670. The van der Waals surface area contributed by atoms with Crippen molar-refractivity contribution in [2.45, 2.75) is 45.6 Å². The van der Waals surface area contributed by atoms with Gasteiger partial charge in [-0.05, 0) is 80.6 Å². The summed E-state index contributed by atoms with van der Waals surface area (Å²) in [4.78, 5) is 22.1. The van der Waals surface area contributed by atoms with Crippen molar-refractivity contribution in [3.05, 3.63) is 108 Å². The number of ether oxygens (including phenoxy) is 1. The van der Waals surface area contributed by atoms with Gasteiger partial charge in [-0.15, -0.1) is 10.2 Å². The average molecular weight is 545 g/mol. The highest BCUT2D eigenvalue weighted by Crippen LogP contribution is 2.39. The molecule has 41 heavy (non-hydrogen) atoms. The lowest BCUT2D eigenvalue weighted by atomic mass is 10.1. The highest BCUT2D eigenvalue weighted by molar-refractivity contribution is 6.03. The number of hydrogen-bond donors (Lipinski definition) is 1. The molecule has 0 radical (unpaired) electrons. The molecule has 2 aromatic carbocycles. The van der Waals surface area contributed by atoms with Crippen LogP contribution in [0.25, 0.3) is 22.5 Å². The maximum absolute atomic E-state index is 13.2. The summed E-state index contributed by atoms with van der Waals surface area (Å²) in [6.07, 6.45) is 7.67. The average Bonchev–Trinajstić information content (AvgIpc) is 3.72. The quantitative estimate of drug-likeness (QED) is 0.220. The van der Waals surface area contributed by atoms with E-state index in [9.17, 15) is 4.79 Å². The van der Waals surface area contributed by atoms with Crippen LogP contribution in [0.5, 0.6) is 5.75 Å². The second-order valence-electron chi connectivity index (χ2n) is 10.7. The molecule has 1 aliphatic rings. The number of carbonyl (C=O) groups is 1. The van der Waals surface area contributed by atoms with E-state index in [1.165, 1.54) is 12.8 Å². The van der Waals surface area contributed by atoms with E-state index >= 15 is 0 Å². The molecule has 1 amide bonds. The first kappa shape index (κ1) is 26.4. The van der Waals surface area contributed by atoms with E-state index in [0.29, 0.717) is 29.7 Å². The molecule has 1 saturated carbocycles. The molecule has 8 nitrogen and oxygen atoms in total. The molecule has 1 atom stereocenters. The molecule has 1 aliphatic carbocycles. The van der Waals surface area contributed by atoms with Crippen molar-refractivity contribution in [1.82, 2.24) is 24.7 Å². The van der Waals surface area contributed by atoms with Gasteiger partial charge in [-0.3, -0.25) is 14.8 Å². The van der Waals surface area contributed by atoms with Gasteiger partial charge in [-0.25, -0.2) is 0 Å². The number of nitrogens with zero attached hydrogens (tertiary/aromatic N) is 5. The molecular formula is C33H32N6O2. The Labute approximate surface area is 239 Å². The molecule has 0 spiro atoms. The van der Waals surface area contributed by atoms with E-state index in [4.69, 9.17) is 4.74 Å². The van der Waals surface area contributed by atoms with Crippen molar-refractivity contribution >= 4 is 11.6 Å². The van der Waals surface area contributed by atoms with Crippen LogP contribution in [0.3, 0.4) is 0 Å². The van der Waals surface area contributed by atoms with Crippen molar-refractivity contribution in [1.29, 1.82) is 0 Å². The molecule has 0 aliphatic heterocycles. The first-order chi connectivity index (χ1) is 20.0. The summed E-state index contributed by atoms with van der Waals surface area (Å²) in [5.41, 5.74) is 7.02. The first-order valence-electron chi connectivity index (χ1n) is 13.9. The Morgan fingerprint density at radius 3 is 2.54 bits per heavy atom. The van der Waals surface area contributed by atoms with Gasteiger partial charge in [0.1, 0.15) is 24.4 Å². The molecule has 6 rings (SSSR count). The van der Waals surface area contributed by atoms with Crippen molar-refractivity contribution in [2.24, 2.45) is 0 Å². The number of para-hydroxylation sites is 1. The number of anilines is 1. The van der Waals surface area contributed by atoms with E-state index < -0.39 is 0 Å². The molecule has 3 heterocycles. The highest BCUT2D eigenvalue weighted by atomic mass is 16.5. The molecule has 0 bridgehead atoms. The fourth-order valence-corrected chi connectivity index (χ4v) is 4.95. The minimum atomic E-state index is -0.289. The number of rotatable bonds is 9. The van der Waals surface area contributed by atoms with Gasteiger partial charge in [0.2, 0.25) is 0 Å². The van der Waals surface area contributed by atoms with E-state index in [1.54, 1.807) is 18.6 Å². The fraction of sp³-hybridized carbons (Fsp3) is 0.242. The van der Waals surface area contributed by atoms with Crippen LogP contribution in [-0.4, -0.2) is 37.2 Å². The molecule has 3 aromatic heterocycles. The summed E-state index contributed by atoms with van der Waals surface area (Å²) in [5.74, 6) is 1.92. The SMILES string of the molecule is Cc1cccc(C)c1OC[C@@H](C)n1cnnc1-c1cccc(NC(=O)c2cc(-c3ccc(C4CC4)nc3)ccn2)c1. The minimum Gasteiger partial charge on any atom is -0.491 e. The first-order valence-corrected chi connectivity index (χ1v) is 13.9. The Balaban J connectivity index is 1.15. The second kappa shape index (κ2) is 11.3. The largest absolute Gasteiger partial charge is 0.491 e. The van der Waals surface area contributed by atoms with Gasteiger partial charge in [0, 0.05) is 40.8 Å². The van der Waals surface area contributed by atoms with E-state index in [2.05, 4.69) is 44.5 Å². The zero-order chi connectivity index (χ0) is 28.3. The molecular weight excluding hydrogens is 512 g/mol. The van der Waals surface area contributed by atoms with Crippen molar-refractivity contribution < 1.29 is 9.53 Å². The summed E-state index contributed by atoms with van der Waals surface area (Å²) < 4.78 is 8.17. The number of benzene rings is 2. The number of carbonyl (C=O) groups excluding carboxylic acids is 1. The number of nitrogens with one attached hydrogen (secondary N) is 1. The summed E-state index contributed by atoms with van der Waals surface area (Å²) >= 11 is 0. The van der Waals surface area contributed by atoms with Gasteiger partial charge < -0.3 is 14.6 Å². The van der Waals surface area contributed by atoms with Crippen LogP contribution >= 0.6 is 0 Å². The smallest absolute Gasteiger partial charge is 0.274 e. The molecule has 0 unspecified atom stereocenters. The zero-order valence-electron chi connectivity index (χ0n) is 23.4. The predicted molar refractivity (Wildman–Crippen MR) is 159 cm³/mol. The minimum absolute atomic E-state index is 0.0166. The van der Waals surface area contributed by atoms with Crippen LogP contribution in [0, 0.1) is 13.8 Å². The Kier molecular flexibility index (Phi) is 7.29. The lowest BCUT2D eigenvalue weighted by Gasteiger charge is -2.18. The lowest BCUT2D eigenvalue weighted by molar-refractivity contribution is 0.102. The van der Waals surface area contributed by atoms with Crippen LogP contribution in [0.4, 0.5) is 5.69 Å². The fourth-order valence-electron chi connectivity index (χ4n) is 4.95. The Morgan fingerprint density at radius 1 is 0.976 bits per heavy atom. The Morgan fingerprint density at radius 2 is 1.78 bits per heavy atom. The maximum atomic E-state index is 13.2. The van der Waals surface area contributed by atoms with E-state index in [-0.39, 0.29) is 11.9 Å². The van der Waals surface area contributed by atoms with Gasteiger partial charge in [-0.2, -0.15) is 0 Å². The molecule has 1 fully saturated rings. The molecule has 1 N–H and O–H groups in total. The van der Waals surface area contributed by atoms with E-state index in [0.717, 1.165) is 39.3 Å². The van der Waals surface area contributed by atoms with Crippen LogP contribution < -0.4 is 10.1 Å². The number of aromatic nitrogens is 5. The second-order valence-corrected chi connectivity index (χ2v) is 10.7. The standard InChI is InChI=1S/C33H32N6O2/c1-21-6-4-7-22(2)31(21)41-19-23(3)39-20-36-38-32(39)26-8-5-9-28(16-26)37-33(40)30-17-25(14-15-34-30)27-12-13-29(35-18-27)24-10-11-24/h4-9,12-18,20,23-24H,10-11,19H2,1-3H3,(H,37,40)/t23-/m1/s1. The predicted octanol–water partition coefficient (Wildman–Crippen LogP) is 6.79. The summed E-state index contributed by atoms with van der Waals surface area (Å²) in [6, 6.07) is 21.5. The third kappa shape index (κ3) is 5.87. The third-order valence-electron chi connectivity index (χ3n) is 7.41.